The lowest BCUT2D eigenvalue weighted by Crippen LogP contribution is -2.63. The van der Waals surface area contributed by atoms with E-state index in [1.807, 2.05) is 42.2 Å². The Morgan fingerprint density at radius 1 is 0.981 bits per heavy atom. The molecule has 0 unspecified atom stereocenters. The van der Waals surface area contributed by atoms with Crippen molar-refractivity contribution in [3.63, 3.8) is 0 Å². The van der Waals surface area contributed by atoms with Crippen LogP contribution in [0.3, 0.4) is 0 Å². The number of hydrogen-bond donors (Lipinski definition) is 2. The number of aryl methyl sites for hydroxylation is 1. The quantitative estimate of drug-likeness (QED) is 0.239. The van der Waals surface area contributed by atoms with Gasteiger partial charge >= 0.3 is 12.1 Å². The number of carboxylic acids is 1. The van der Waals surface area contributed by atoms with E-state index in [0.29, 0.717) is 42.8 Å². The van der Waals surface area contributed by atoms with Gasteiger partial charge in [-0.25, -0.2) is 28.2 Å². The summed E-state index contributed by atoms with van der Waals surface area (Å²) in [6.07, 6.45) is 1.00. The first kappa shape index (κ1) is 41.0. The number of ether oxygens (including phenoxy) is 1. The van der Waals surface area contributed by atoms with E-state index in [0.717, 1.165) is 56.0 Å². The number of carboxylic acid groups (broad SMARTS) is 1. The van der Waals surface area contributed by atoms with Crippen LogP contribution in [0.4, 0.5) is 13.2 Å². The second-order valence-electron chi connectivity index (χ2n) is 13.7. The number of aromatic nitrogens is 1. The molecule has 0 bridgehead atoms. The smallest absolute Gasteiger partial charge is 0.487 e. The number of aliphatic carboxylic acids is 1. The normalized spacial score (nSPS) is 18.8. The highest BCUT2D eigenvalue weighted by atomic mass is 35.5. The van der Waals surface area contributed by atoms with Gasteiger partial charge in [0, 0.05) is 60.9 Å². The van der Waals surface area contributed by atoms with Crippen LogP contribution in [0.2, 0.25) is 10.0 Å². The fraction of sp³-hybridized carbons (Fsp3) is 0.528. The van der Waals surface area contributed by atoms with E-state index < -0.39 is 27.7 Å². The Hall–Kier alpha value is -3.21. The first-order valence-corrected chi connectivity index (χ1v) is 19.9. The zero-order valence-corrected chi connectivity index (χ0v) is 31.9. The molecule has 2 aromatic carbocycles. The summed E-state index contributed by atoms with van der Waals surface area (Å²) >= 11 is 13.3. The number of halogens is 5. The van der Waals surface area contributed by atoms with E-state index in [4.69, 9.17) is 37.8 Å². The van der Waals surface area contributed by atoms with E-state index in [9.17, 15) is 26.4 Å². The SMILES string of the molecule is CCC1CCN(N2CCN(C(=O)C3(NS(=O)(=O)c4ccc(Cl)c(COc5cccc6ccc(C)nc56)c4Cl)CCCC3)CC2)CC1.O=C(O)C(F)(F)F. The Morgan fingerprint density at radius 3 is 2.21 bits per heavy atom. The Labute approximate surface area is 317 Å². The maximum atomic E-state index is 14.1. The Kier molecular flexibility index (Phi) is 13.2. The average Bonchev–Trinajstić information content (AvgIpc) is 3.60. The van der Waals surface area contributed by atoms with Crippen molar-refractivity contribution < 1.29 is 41.0 Å². The Balaban J connectivity index is 0.000000705. The number of sulfonamides is 1. The molecule has 3 fully saturated rings. The minimum Gasteiger partial charge on any atom is -0.487 e. The molecule has 1 aromatic heterocycles. The number of para-hydroxylation sites is 1. The van der Waals surface area contributed by atoms with Crippen LogP contribution in [0, 0.1) is 12.8 Å². The van der Waals surface area contributed by atoms with Crippen molar-refractivity contribution in [3.8, 4) is 5.75 Å². The molecule has 2 N–H and O–H groups in total. The molecule has 53 heavy (non-hydrogen) atoms. The molecule has 1 aliphatic carbocycles. The number of rotatable bonds is 9. The van der Waals surface area contributed by atoms with Crippen molar-refractivity contribution in [2.24, 2.45) is 5.92 Å². The number of carbonyl (C=O) groups is 2. The predicted molar refractivity (Wildman–Crippen MR) is 195 cm³/mol. The van der Waals surface area contributed by atoms with E-state index in [-0.39, 0.29) is 27.5 Å². The van der Waals surface area contributed by atoms with Crippen molar-refractivity contribution >= 4 is 56.0 Å². The molecule has 3 aliphatic rings. The molecule has 3 heterocycles. The number of amides is 1. The van der Waals surface area contributed by atoms with E-state index in [2.05, 4.69) is 26.6 Å². The number of benzene rings is 2. The number of piperidine rings is 1. The monoisotopic (exact) mass is 801 g/mol. The molecule has 17 heteroatoms. The van der Waals surface area contributed by atoms with Crippen molar-refractivity contribution in [3.05, 3.63) is 63.8 Å². The minimum absolute atomic E-state index is 0.0227. The number of piperazine rings is 1. The summed E-state index contributed by atoms with van der Waals surface area (Å²) in [5.41, 5.74) is 0.695. The van der Waals surface area contributed by atoms with E-state index in [1.165, 1.54) is 31.4 Å². The van der Waals surface area contributed by atoms with Gasteiger partial charge in [-0.2, -0.15) is 17.9 Å². The summed E-state index contributed by atoms with van der Waals surface area (Å²) < 4.78 is 68.7. The Morgan fingerprint density at radius 2 is 1.60 bits per heavy atom. The molecule has 1 saturated carbocycles. The second kappa shape index (κ2) is 17.1. The lowest BCUT2D eigenvalue weighted by atomic mass is 9.95. The lowest BCUT2D eigenvalue weighted by Gasteiger charge is -2.45. The summed E-state index contributed by atoms with van der Waals surface area (Å²) in [6, 6.07) is 12.4. The molecule has 2 saturated heterocycles. The molecule has 0 radical (unpaired) electrons. The highest BCUT2D eigenvalue weighted by molar-refractivity contribution is 7.89. The molecule has 290 valence electrons. The molecule has 0 atom stereocenters. The topological polar surface area (TPSA) is 132 Å². The zero-order chi connectivity index (χ0) is 38.6. The van der Waals surface area contributed by atoms with Crippen LogP contribution in [-0.4, -0.2) is 96.3 Å². The minimum atomic E-state index is -5.08. The number of carbonyl (C=O) groups excluding carboxylic acids is 1. The highest BCUT2D eigenvalue weighted by Crippen LogP contribution is 2.37. The van der Waals surface area contributed by atoms with Gasteiger partial charge in [0.1, 0.15) is 28.3 Å². The van der Waals surface area contributed by atoms with Crippen LogP contribution in [0.25, 0.3) is 10.9 Å². The molecule has 1 amide bonds. The van der Waals surface area contributed by atoms with Gasteiger partial charge in [-0.15, -0.1) is 0 Å². The fourth-order valence-electron chi connectivity index (χ4n) is 7.15. The second-order valence-corrected chi connectivity index (χ2v) is 16.1. The maximum Gasteiger partial charge on any atom is 0.490 e. The van der Waals surface area contributed by atoms with Crippen molar-refractivity contribution in [1.29, 1.82) is 0 Å². The van der Waals surface area contributed by atoms with Gasteiger partial charge in [0.2, 0.25) is 15.9 Å². The fourth-order valence-corrected chi connectivity index (χ4v) is 9.45. The van der Waals surface area contributed by atoms with Crippen LogP contribution in [0.5, 0.6) is 5.75 Å². The number of fused-ring (bicyclic) bond motifs is 1. The number of hydrazine groups is 1. The van der Waals surface area contributed by atoms with Gasteiger partial charge in [0.05, 0.1) is 5.02 Å². The van der Waals surface area contributed by atoms with Crippen molar-refractivity contribution in [2.75, 3.05) is 39.3 Å². The number of pyridine rings is 1. The maximum absolute atomic E-state index is 14.1. The van der Waals surface area contributed by atoms with Crippen molar-refractivity contribution in [2.45, 2.75) is 82.0 Å². The predicted octanol–water partition coefficient (Wildman–Crippen LogP) is 6.83. The third-order valence-electron chi connectivity index (χ3n) is 10.2. The van der Waals surface area contributed by atoms with Gasteiger partial charge in [0.15, 0.2) is 0 Å². The number of alkyl halides is 3. The Bertz CT molecular complexity index is 1900. The summed E-state index contributed by atoms with van der Waals surface area (Å²) in [7, 11) is -4.19. The number of nitrogens with zero attached hydrogens (tertiary/aromatic N) is 4. The van der Waals surface area contributed by atoms with Crippen LogP contribution >= 0.6 is 23.2 Å². The molecule has 2 aliphatic heterocycles. The molecular formula is C36H44Cl2F3N5O6S. The van der Waals surface area contributed by atoms with Crippen LogP contribution in [-0.2, 0) is 26.2 Å². The third-order valence-corrected chi connectivity index (χ3v) is 12.7. The highest BCUT2D eigenvalue weighted by Gasteiger charge is 2.47. The standard InChI is InChI=1S/C34H43Cl2N5O4S.C2HF3O2/c1-3-25-13-17-40(18-14-25)41-21-19-39(20-22-41)33(42)34(15-4-5-16-34)38-46(43,44)30-12-11-28(35)27(31(30)36)23-45-29-8-6-7-26-10-9-24(2)37-32(26)29;3-2(4,5)1(6)7/h6-12,25,38H,3-5,13-23H2,1-2H3;(H,6,7). The van der Waals surface area contributed by atoms with Gasteiger partial charge < -0.3 is 14.7 Å². The molecule has 6 rings (SSSR count). The first-order chi connectivity index (χ1) is 25.0. The summed E-state index contributed by atoms with van der Waals surface area (Å²) in [4.78, 5) is 29.3. The summed E-state index contributed by atoms with van der Waals surface area (Å²) in [5.74, 6) is -1.56. The zero-order valence-electron chi connectivity index (χ0n) is 29.6. The largest absolute Gasteiger partial charge is 0.490 e. The number of nitrogens with one attached hydrogen (secondary N) is 1. The summed E-state index contributed by atoms with van der Waals surface area (Å²) in [6.45, 7) is 8.88. The lowest BCUT2D eigenvalue weighted by molar-refractivity contribution is -0.192. The summed E-state index contributed by atoms with van der Waals surface area (Å²) in [5, 5.41) is 13.1. The van der Waals surface area contributed by atoms with Crippen LogP contribution in [0.1, 0.15) is 63.1 Å². The van der Waals surface area contributed by atoms with Gasteiger partial charge in [0.25, 0.3) is 0 Å². The molecule has 3 aromatic rings. The molecular weight excluding hydrogens is 758 g/mol. The average molecular weight is 803 g/mol. The molecule has 0 spiro atoms. The third kappa shape index (κ3) is 9.73. The van der Waals surface area contributed by atoms with E-state index >= 15 is 0 Å². The number of hydrogen-bond acceptors (Lipinski definition) is 8. The van der Waals surface area contributed by atoms with Crippen LogP contribution in [0.15, 0.2) is 47.4 Å². The van der Waals surface area contributed by atoms with Gasteiger partial charge in [-0.05, 0) is 62.8 Å². The van der Waals surface area contributed by atoms with Gasteiger partial charge in [-0.1, -0.05) is 67.6 Å². The van der Waals surface area contributed by atoms with Crippen molar-refractivity contribution in [1.82, 2.24) is 24.6 Å². The van der Waals surface area contributed by atoms with Crippen LogP contribution < -0.4 is 9.46 Å². The molecule has 11 nitrogen and oxygen atoms in total. The van der Waals surface area contributed by atoms with E-state index in [1.54, 1.807) is 0 Å². The first-order valence-electron chi connectivity index (χ1n) is 17.6. The van der Waals surface area contributed by atoms with Gasteiger partial charge in [-0.3, -0.25) is 4.79 Å².